The van der Waals surface area contributed by atoms with Gasteiger partial charge in [0.05, 0.1) is 18.4 Å². The topological polar surface area (TPSA) is 63.6 Å². The monoisotopic (exact) mass is 222 g/mol. The van der Waals surface area contributed by atoms with E-state index in [0.717, 1.165) is 0 Å². The molecule has 1 aliphatic rings. The molecule has 0 amide bonds. The second kappa shape index (κ2) is 4.35. The highest BCUT2D eigenvalue weighted by Gasteiger charge is 2.27. The molecule has 86 valence electrons. The lowest BCUT2D eigenvalue weighted by atomic mass is 10.0. The predicted octanol–water partition coefficient (Wildman–Crippen LogP) is 1.84. The maximum atomic E-state index is 11.4. The fourth-order valence-electron chi connectivity index (χ4n) is 1.72. The van der Waals surface area contributed by atoms with Gasteiger partial charge in [0.1, 0.15) is 0 Å². The summed E-state index contributed by atoms with van der Waals surface area (Å²) >= 11 is 0. The maximum absolute atomic E-state index is 11.4. The molecule has 0 spiro atoms. The summed E-state index contributed by atoms with van der Waals surface area (Å²) in [4.78, 5) is 22.9. The molecule has 0 heterocycles. The smallest absolute Gasteiger partial charge is 0.338 e. The maximum Gasteiger partial charge on any atom is 0.338 e. The SMILES string of the molecule is COC(=O)C1=C/C(=C(/C)O)C(C(C)=O)=C1C. The van der Waals surface area contributed by atoms with Gasteiger partial charge in [0.15, 0.2) is 5.78 Å². The molecule has 0 bridgehead atoms. The number of aliphatic hydroxyl groups is 1. The first-order chi connectivity index (χ1) is 7.40. The normalized spacial score (nSPS) is 18.4. The highest BCUT2D eigenvalue weighted by molar-refractivity contribution is 6.07. The number of ether oxygens (including phenoxy) is 1. The van der Waals surface area contributed by atoms with Crippen LogP contribution in [0.3, 0.4) is 0 Å². The third-order valence-corrected chi connectivity index (χ3v) is 2.48. The van der Waals surface area contributed by atoms with E-state index in [9.17, 15) is 14.7 Å². The Morgan fingerprint density at radius 2 is 1.88 bits per heavy atom. The van der Waals surface area contributed by atoms with Crippen molar-refractivity contribution >= 4 is 11.8 Å². The Bertz CT molecular complexity index is 446. The molecular weight excluding hydrogens is 208 g/mol. The van der Waals surface area contributed by atoms with Crippen molar-refractivity contribution in [1.29, 1.82) is 0 Å². The summed E-state index contributed by atoms with van der Waals surface area (Å²) in [6.45, 7) is 4.54. The number of Topliss-reactive ketones (excluding diaryl/α,β-unsaturated/α-hetero) is 1. The molecule has 1 aliphatic carbocycles. The van der Waals surface area contributed by atoms with E-state index in [4.69, 9.17) is 0 Å². The van der Waals surface area contributed by atoms with Crippen molar-refractivity contribution in [2.24, 2.45) is 0 Å². The zero-order chi connectivity index (χ0) is 12.5. The molecule has 0 saturated carbocycles. The Balaban J connectivity index is 3.38. The van der Waals surface area contributed by atoms with E-state index in [1.165, 1.54) is 27.0 Å². The van der Waals surface area contributed by atoms with Crippen molar-refractivity contribution in [3.05, 3.63) is 34.1 Å². The first kappa shape index (κ1) is 12.2. The van der Waals surface area contributed by atoms with Crippen LogP contribution in [0.25, 0.3) is 0 Å². The van der Waals surface area contributed by atoms with Gasteiger partial charge in [0.25, 0.3) is 0 Å². The van der Waals surface area contributed by atoms with Gasteiger partial charge < -0.3 is 9.84 Å². The highest BCUT2D eigenvalue weighted by Crippen LogP contribution is 2.33. The summed E-state index contributed by atoms with van der Waals surface area (Å²) in [5.74, 6) is -0.674. The molecule has 0 aromatic carbocycles. The summed E-state index contributed by atoms with van der Waals surface area (Å²) in [6.07, 6.45) is 1.48. The lowest BCUT2D eigenvalue weighted by Crippen LogP contribution is -2.05. The van der Waals surface area contributed by atoms with Crippen LogP contribution in [-0.2, 0) is 14.3 Å². The number of ketones is 1. The number of carbonyl (C=O) groups is 2. The quantitative estimate of drug-likeness (QED) is 0.572. The van der Waals surface area contributed by atoms with Crippen LogP contribution in [0.2, 0.25) is 0 Å². The van der Waals surface area contributed by atoms with Gasteiger partial charge in [-0.15, -0.1) is 0 Å². The minimum absolute atomic E-state index is 0.0171. The van der Waals surface area contributed by atoms with Gasteiger partial charge in [-0.05, 0) is 32.4 Å². The first-order valence-corrected chi connectivity index (χ1v) is 4.82. The molecule has 1 rings (SSSR count). The van der Waals surface area contributed by atoms with E-state index >= 15 is 0 Å². The number of aliphatic hydroxyl groups excluding tert-OH is 1. The number of esters is 1. The Kier molecular flexibility index (Phi) is 3.32. The largest absolute Gasteiger partial charge is 0.512 e. The van der Waals surface area contributed by atoms with Gasteiger partial charge in [-0.2, -0.15) is 0 Å². The van der Waals surface area contributed by atoms with E-state index in [0.29, 0.717) is 22.3 Å². The van der Waals surface area contributed by atoms with E-state index < -0.39 is 5.97 Å². The average molecular weight is 222 g/mol. The number of hydrogen-bond acceptors (Lipinski definition) is 4. The molecule has 0 atom stereocenters. The van der Waals surface area contributed by atoms with Gasteiger partial charge in [-0.3, -0.25) is 4.79 Å². The molecular formula is C12H14O4. The second-order valence-electron chi connectivity index (χ2n) is 3.60. The van der Waals surface area contributed by atoms with Crippen LogP contribution in [0.15, 0.2) is 34.1 Å². The number of allylic oxidation sites excluding steroid dienone is 4. The molecule has 16 heavy (non-hydrogen) atoms. The van der Waals surface area contributed by atoms with Gasteiger partial charge in [-0.25, -0.2) is 4.79 Å². The van der Waals surface area contributed by atoms with Crippen molar-refractivity contribution in [1.82, 2.24) is 0 Å². The Hall–Kier alpha value is -1.84. The summed E-state index contributed by atoms with van der Waals surface area (Å²) < 4.78 is 4.60. The van der Waals surface area contributed by atoms with Gasteiger partial charge in [0.2, 0.25) is 0 Å². The van der Waals surface area contributed by atoms with Crippen molar-refractivity contribution in [3.63, 3.8) is 0 Å². The summed E-state index contributed by atoms with van der Waals surface area (Å²) in [7, 11) is 1.28. The molecule has 4 heteroatoms. The standard InChI is InChI=1S/C12H14O4/c1-6-9(12(15)16-4)5-10(7(2)13)11(6)8(3)14/h5,13H,1-4H3/b10-7+. The number of rotatable bonds is 2. The zero-order valence-corrected chi connectivity index (χ0v) is 9.75. The number of carbonyl (C=O) groups excluding carboxylic acids is 2. The van der Waals surface area contributed by atoms with E-state index in [1.807, 2.05) is 0 Å². The van der Waals surface area contributed by atoms with Gasteiger partial charge in [0, 0.05) is 11.1 Å². The molecule has 0 saturated heterocycles. The van der Waals surface area contributed by atoms with Crippen LogP contribution >= 0.6 is 0 Å². The minimum Gasteiger partial charge on any atom is -0.512 e. The van der Waals surface area contributed by atoms with Crippen molar-refractivity contribution < 1.29 is 19.4 Å². The molecule has 0 aliphatic heterocycles. The average Bonchev–Trinajstić information content (AvgIpc) is 2.55. The van der Waals surface area contributed by atoms with Crippen molar-refractivity contribution in [3.8, 4) is 0 Å². The molecule has 1 N–H and O–H groups in total. The lowest BCUT2D eigenvalue weighted by Gasteiger charge is -2.03. The molecule has 0 fully saturated rings. The van der Waals surface area contributed by atoms with E-state index in [2.05, 4.69) is 4.74 Å². The summed E-state index contributed by atoms with van der Waals surface area (Å²) in [5, 5.41) is 9.46. The second-order valence-corrected chi connectivity index (χ2v) is 3.60. The number of methoxy groups -OCH3 is 1. The summed E-state index contributed by atoms with van der Waals surface area (Å²) in [5.41, 5.74) is 1.63. The highest BCUT2D eigenvalue weighted by atomic mass is 16.5. The molecule has 4 nitrogen and oxygen atoms in total. The Labute approximate surface area is 93.9 Å². The Morgan fingerprint density at radius 3 is 2.19 bits per heavy atom. The van der Waals surface area contributed by atoms with Crippen LogP contribution in [-0.4, -0.2) is 24.0 Å². The van der Waals surface area contributed by atoms with Crippen molar-refractivity contribution in [2.45, 2.75) is 20.8 Å². The zero-order valence-electron chi connectivity index (χ0n) is 9.75. The lowest BCUT2D eigenvalue weighted by molar-refractivity contribution is -0.135. The molecule has 0 radical (unpaired) electrons. The fraction of sp³-hybridized carbons (Fsp3) is 0.333. The van der Waals surface area contributed by atoms with Gasteiger partial charge in [-0.1, -0.05) is 0 Å². The fourth-order valence-corrected chi connectivity index (χ4v) is 1.72. The predicted molar refractivity (Wildman–Crippen MR) is 58.8 cm³/mol. The molecule has 0 unspecified atom stereocenters. The molecule has 0 aromatic rings. The minimum atomic E-state index is -0.507. The van der Waals surface area contributed by atoms with Crippen LogP contribution in [0.1, 0.15) is 20.8 Å². The van der Waals surface area contributed by atoms with E-state index in [-0.39, 0.29) is 11.5 Å². The van der Waals surface area contributed by atoms with Crippen LogP contribution < -0.4 is 0 Å². The third-order valence-electron chi connectivity index (χ3n) is 2.48. The van der Waals surface area contributed by atoms with Crippen LogP contribution in [0.4, 0.5) is 0 Å². The first-order valence-electron chi connectivity index (χ1n) is 4.82. The molecule has 0 aromatic heterocycles. The van der Waals surface area contributed by atoms with E-state index in [1.54, 1.807) is 6.92 Å². The van der Waals surface area contributed by atoms with Crippen LogP contribution in [0.5, 0.6) is 0 Å². The number of hydrogen-bond donors (Lipinski definition) is 1. The van der Waals surface area contributed by atoms with Crippen LogP contribution in [0, 0.1) is 0 Å². The Morgan fingerprint density at radius 1 is 1.31 bits per heavy atom. The van der Waals surface area contributed by atoms with Crippen molar-refractivity contribution in [2.75, 3.05) is 7.11 Å². The van der Waals surface area contributed by atoms with Gasteiger partial charge >= 0.3 is 5.97 Å². The summed E-state index contributed by atoms with van der Waals surface area (Å²) in [6, 6.07) is 0. The third kappa shape index (κ3) is 1.91.